The van der Waals surface area contributed by atoms with Crippen LogP contribution in [0, 0.1) is 0 Å². The van der Waals surface area contributed by atoms with Crippen molar-refractivity contribution >= 4 is 0 Å². The van der Waals surface area contributed by atoms with Gasteiger partial charge >= 0.3 is 0 Å². The number of rotatable bonds is 4. The summed E-state index contributed by atoms with van der Waals surface area (Å²) in [7, 11) is 0. The highest BCUT2D eigenvalue weighted by molar-refractivity contribution is 5.58. The smallest absolute Gasteiger partial charge is 0.251 e. The fourth-order valence-corrected chi connectivity index (χ4v) is 1.73. The van der Waals surface area contributed by atoms with Crippen LogP contribution in [0.5, 0.6) is 0 Å². The molecule has 3 heteroatoms. The zero-order chi connectivity index (χ0) is 12.1. The number of aromatic nitrogens is 2. The molecule has 1 aromatic heterocycles. The third-order valence-corrected chi connectivity index (χ3v) is 2.63. The molecule has 0 radical (unpaired) electrons. The molecule has 0 saturated carbocycles. The van der Waals surface area contributed by atoms with Crippen molar-refractivity contribution in [2.75, 3.05) is 0 Å². The molecule has 0 fully saturated rings. The van der Waals surface area contributed by atoms with E-state index >= 15 is 0 Å². The molecule has 0 aliphatic rings. The lowest BCUT2D eigenvalue weighted by Crippen LogP contribution is -2.11. The van der Waals surface area contributed by atoms with Gasteiger partial charge < -0.3 is 4.98 Å². The molecule has 0 aliphatic carbocycles. The number of aryl methyl sites for hydroxylation is 1. The van der Waals surface area contributed by atoms with Crippen molar-refractivity contribution in [2.45, 2.75) is 26.2 Å². The van der Waals surface area contributed by atoms with Crippen LogP contribution in [0.3, 0.4) is 0 Å². The minimum atomic E-state index is -0.0787. The fourth-order valence-electron chi connectivity index (χ4n) is 1.73. The lowest BCUT2D eigenvalue weighted by atomic mass is 10.1. The van der Waals surface area contributed by atoms with Gasteiger partial charge in [-0.25, -0.2) is 4.98 Å². The Morgan fingerprint density at radius 2 is 2.00 bits per heavy atom. The van der Waals surface area contributed by atoms with E-state index in [1.165, 1.54) is 0 Å². The molecule has 0 amide bonds. The lowest BCUT2D eigenvalue weighted by Gasteiger charge is -2.03. The molecular formula is C14H16N2O. The maximum absolute atomic E-state index is 11.6. The molecule has 3 nitrogen and oxygen atoms in total. The van der Waals surface area contributed by atoms with Crippen LogP contribution in [0.25, 0.3) is 11.3 Å². The van der Waals surface area contributed by atoms with Gasteiger partial charge in [-0.1, -0.05) is 43.7 Å². The Labute approximate surface area is 101 Å². The van der Waals surface area contributed by atoms with Crippen LogP contribution in [0.2, 0.25) is 0 Å². The first-order chi connectivity index (χ1) is 8.29. The second kappa shape index (κ2) is 5.43. The van der Waals surface area contributed by atoms with Gasteiger partial charge in [0.2, 0.25) is 0 Å². The number of aromatic amines is 1. The Morgan fingerprint density at radius 3 is 2.71 bits per heavy atom. The first-order valence-electron chi connectivity index (χ1n) is 5.95. The van der Waals surface area contributed by atoms with Gasteiger partial charge in [-0.2, -0.15) is 0 Å². The summed E-state index contributed by atoms with van der Waals surface area (Å²) in [5, 5.41) is 0. The molecule has 17 heavy (non-hydrogen) atoms. The van der Waals surface area contributed by atoms with Crippen molar-refractivity contribution in [3.63, 3.8) is 0 Å². The highest BCUT2D eigenvalue weighted by Gasteiger charge is 2.03. The third kappa shape index (κ3) is 3.03. The fraction of sp³-hybridized carbons (Fsp3) is 0.286. The van der Waals surface area contributed by atoms with E-state index in [4.69, 9.17) is 0 Å². The van der Waals surface area contributed by atoms with E-state index in [1.807, 2.05) is 30.3 Å². The zero-order valence-electron chi connectivity index (χ0n) is 9.94. The second-order valence-electron chi connectivity index (χ2n) is 4.05. The van der Waals surface area contributed by atoms with Crippen molar-refractivity contribution < 1.29 is 0 Å². The number of hydrogen-bond acceptors (Lipinski definition) is 2. The highest BCUT2D eigenvalue weighted by atomic mass is 16.1. The first kappa shape index (κ1) is 11.6. The minimum absolute atomic E-state index is 0.0787. The molecule has 0 bridgehead atoms. The zero-order valence-corrected chi connectivity index (χ0v) is 9.94. The van der Waals surface area contributed by atoms with Gasteiger partial charge in [-0.05, 0) is 6.42 Å². The Hall–Kier alpha value is -1.90. The monoisotopic (exact) mass is 228 g/mol. The van der Waals surface area contributed by atoms with Crippen molar-refractivity contribution in [2.24, 2.45) is 0 Å². The molecule has 0 unspecified atom stereocenters. The first-order valence-corrected chi connectivity index (χ1v) is 5.95. The number of H-pyrrole nitrogens is 1. The van der Waals surface area contributed by atoms with Crippen molar-refractivity contribution in [1.29, 1.82) is 0 Å². The largest absolute Gasteiger partial charge is 0.311 e. The summed E-state index contributed by atoms with van der Waals surface area (Å²) >= 11 is 0. The van der Waals surface area contributed by atoms with E-state index in [-0.39, 0.29) is 5.56 Å². The molecule has 2 rings (SSSR count). The summed E-state index contributed by atoms with van der Waals surface area (Å²) in [6.45, 7) is 2.12. The lowest BCUT2D eigenvalue weighted by molar-refractivity contribution is 0.749. The van der Waals surface area contributed by atoms with Crippen molar-refractivity contribution in [3.8, 4) is 11.3 Å². The van der Waals surface area contributed by atoms with Crippen molar-refractivity contribution in [3.05, 3.63) is 52.6 Å². The predicted molar refractivity (Wildman–Crippen MR) is 68.9 cm³/mol. The van der Waals surface area contributed by atoms with E-state index in [0.29, 0.717) is 0 Å². The average molecular weight is 228 g/mol. The second-order valence-corrected chi connectivity index (χ2v) is 4.05. The molecule has 88 valence electrons. The average Bonchev–Trinajstić information content (AvgIpc) is 2.37. The van der Waals surface area contributed by atoms with Crippen LogP contribution in [0.4, 0.5) is 0 Å². The van der Waals surface area contributed by atoms with Crippen LogP contribution < -0.4 is 5.56 Å². The van der Waals surface area contributed by atoms with E-state index in [1.54, 1.807) is 6.07 Å². The topological polar surface area (TPSA) is 45.8 Å². The molecule has 0 aliphatic heterocycles. The van der Waals surface area contributed by atoms with E-state index in [0.717, 1.165) is 36.3 Å². The summed E-state index contributed by atoms with van der Waals surface area (Å²) in [5.74, 6) is 0.776. The van der Waals surface area contributed by atoms with Crippen molar-refractivity contribution in [1.82, 2.24) is 9.97 Å². The number of nitrogens with zero attached hydrogens (tertiary/aromatic N) is 1. The summed E-state index contributed by atoms with van der Waals surface area (Å²) in [6.07, 6.45) is 2.97. The van der Waals surface area contributed by atoms with Crippen LogP contribution in [-0.4, -0.2) is 9.97 Å². The molecule has 1 heterocycles. The van der Waals surface area contributed by atoms with Crippen LogP contribution in [-0.2, 0) is 6.42 Å². The van der Waals surface area contributed by atoms with Crippen LogP contribution in [0.15, 0.2) is 41.2 Å². The molecule has 0 spiro atoms. The highest BCUT2D eigenvalue weighted by Crippen LogP contribution is 2.14. The van der Waals surface area contributed by atoms with E-state index < -0.39 is 0 Å². The molecule has 1 aromatic carbocycles. The van der Waals surface area contributed by atoms with Gasteiger partial charge in [0.05, 0.1) is 5.69 Å². The van der Waals surface area contributed by atoms with Gasteiger partial charge in [-0.3, -0.25) is 4.79 Å². The summed E-state index contributed by atoms with van der Waals surface area (Å²) in [4.78, 5) is 18.8. The standard InChI is InChI=1S/C14H16N2O/c1-2-3-9-13-15-12(10-14(17)16-13)11-7-5-4-6-8-11/h4-8,10H,2-3,9H2,1H3,(H,15,16,17). The van der Waals surface area contributed by atoms with Gasteiger partial charge in [0.1, 0.15) is 5.82 Å². The molecular weight excluding hydrogens is 212 g/mol. The summed E-state index contributed by atoms with van der Waals surface area (Å²) in [5.41, 5.74) is 1.65. The van der Waals surface area contributed by atoms with Gasteiger partial charge in [-0.15, -0.1) is 0 Å². The van der Waals surface area contributed by atoms with Gasteiger partial charge in [0, 0.05) is 18.1 Å². The van der Waals surface area contributed by atoms with Crippen LogP contribution in [0.1, 0.15) is 25.6 Å². The quantitative estimate of drug-likeness (QED) is 0.874. The summed E-state index contributed by atoms with van der Waals surface area (Å²) < 4.78 is 0. The maximum atomic E-state index is 11.6. The molecule has 0 atom stereocenters. The Morgan fingerprint density at radius 1 is 1.24 bits per heavy atom. The summed E-state index contributed by atoms with van der Waals surface area (Å²) in [6, 6.07) is 11.3. The van der Waals surface area contributed by atoms with Gasteiger partial charge in [0.15, 0.2) is 0 Å². The SMILES string of the molecule is CCCCc1nc(-c2ccccc2)cc(=O)[nH]1. The molecule has 2 aromatic rings. The van der Waals surface area contributed by atoms with Crippen LogP contribution >= 0.6 is 0 Å². The number of unbranched alkanes of at least 4 members (excludes halogenated alkanes) is 1. The maximum Gasteiger partial charge on any atom is 0.251 e. The Balaban J connectivity index is 2.35. The van der Waals surface area contributed by atoms with Gasteiger partial charge in [0.25, 0.3) is 5.56 Å². The van der Waals surface area contributed by atoms with E-state index in [9.17, 15) is 4.79 Å². The Kier molecular flexibility index (Phi) is 3.70. The third-order valence-electron chi connectivity index (χ3n) is 2.63. The predicted octanol–water partition coefficient (Wildman–Crippen LogP) is 2.78. The normalized spacial score (nSPS) is 10.4. The number of nitrogens with one attached hydrogen (secondary N) is 1. The molecule has 0 saturated heterocycles. The number of benzene rings is 1. The Bertz CT molecular complexity index is 531. The molecule has 1 N–H and O–H groups in total. The van der Waals surface area contributed by atoms with E-state index in [2.05, 4.69) is 16.9 Å². The minimum Gasteiger partial charge on any atom is -0.311 e. The number of hydrogen-bond donors (Lipinski definition) is 1.